The van der Waals surface area contributed by atoms with Gasteiger partial charge >= 0.3 is 0 Å². The summed E-state index contributed by atoms with van der Waals surface area (Å²) in [5.41, 5.74) is 1.52. The number of hydrogen-bond acceptors (Lipinski definition) is 3. The van der Waals surface area contributed by atoms with Gasteiger partial charge in [0.1, 0.15) is 15.9 Å². The van der Waals surface area contributed by atoms with Crippen LogP contribution in [0.15, 0.2) is 24.3 Å². The number of ether oxygens (including phenoxy) is 1. The molecule has 1 heterocycles. The fourth-order valence-corrected chi connectivity index (χ4v) is 3.55. The number of nitrogens with zero attached hydrogens (tertiary/aromatic N) is 1. The molecule has 0 aliphatic carbocycles. The first kappa shape index (κ1) is 15.6. The van der Waals surface area contributed by atoms with Gasteiger partial charge in [0.05, 0.1) is 12.6 Å². The molecule has 1 aliphatic heterocycles. The molecule has 1 fully saturated rings. The normalized spacial score (nSPS) is 20.1. The van der Waals surface area contributed by atoms with Gasteiger partial charge in [-0.25, -0.2) is 0 Å². The van der Waals surface area contributed by atoms with Crippen molar-refractivity contribution < 1.29 is 9.64 Å². The Hall–Kier alpha value is -0.780. The van der Waals surface area contributed by atoms with E-state index in [2.05, 4.69) is 37.8 Å². The number of hydrogen-bond donors (Lipinski definition) is 1. The van der Waals surface area contributed by atoms with Gasteiger partial charge in [0, 0.05) is 6.54 Å². The van der Waals surface area contributed by atoms with E-state index in [-0.39, 0.29) is 5.54 Å². The number of rotatable bonds is 3. The van der Waals surface area contributed by atoms with Crippen LogP contribution in [0.4, 0.5) is 0 Å². The lowest BCUT2D eigenvalue weighted by atomic mass is 10.1. The van der Waals surface area contributed by atoms with Gasteiger partial charge < -0.3 is 14.5 Å². The van der Waals surface area contributed by atoms with Crippen molar-refractivity contribution in [2.24, 2.45) is 0 Å². The summed E-state index contributed by atoms with van der Waals surface area (Å²) in [5.74, 6) is 1.95. The second kappa shape index (κ2) is 6.33. The van der Waals surface area contributed by atoms with Gasteiger partial charge in [0.2, 0.25) is 0 Å². The third kappa shape index (κ3) is 3.87. The van der Waals surface area contributed by atoms with E-state index in [1.165, 1.54) is 5.56 Å². The topological polar surface area (TPSA) is 16.9 Å². The number of quaternary nitrogens is 1. The van der Waals surface area contributed by atoms with E-state index >= 15 is 0 Å². The van der Waals surface area contributed by atoms with E-state index in [0.29, 0.717) is 0 Å². The maximum Gasteiger partial charge on any atom is 0.155 e. The lowest BCUT2D eigenvalue weighted by Crippen LogP contribution is -3.20. The molecule has 0 radical (unpaired) electrons. The third-order valence-corrected chi connectivity index (χ3v) is 5.21. The molecule has 1 aromatic rings. The molecule has 1 aliphatic rings. The first-order valence-electron chi connectivity index (χ1n) is 6.80. The van der Waals surface area contributed by atoms with Crippen LogP contribution in [0.3, 0.4) is 0 Å². The molecule has 0 aromatic heterocycles. The summed E-state index contributed by atoms with van der Waals surface area (Å²) in [4.78, 5) is 3.86. The quantitative estimate of drug-likeness (QED) is 0.861. The minimum absolute atomic E-state index is 0.251. The van der Waals surface area contributed by atoms with Gasteiger partial charge in [-0.3, -0.25) is 0 Å². The van der Waals surface area contributed by atoms with E-state index in [1.54, 1.807) is 23.8 Å². The summed E-state index contributed by atoms with van der Waals surface area (Å²) in [5, 5.41) is 0. The molecule has 0 amide bonds. The lowest BCUT2D eigenvalue weighted by molar-refractivity contribution is -0.943. The highest BCUT2D eigenvalue weighted by molar-refractivity contribution is 8.22. The van der Waals surface area contributed by atoms with Gasteiger partial charge in [0.25, 0.3) is 0 Å². The van der Waals surface area contributed by atoms with Crippen molar-refractivity contribution in [3.05, 3.63) is 29.8 Å². The molecule has 0 bridgehead atoms. The zero-order valence-electron chi connectivity index (χ0n) is 12.6. The standard InChI is InChI=1S/C15H22N2OS2/c1-15(2,3)17-10-16(14(19)20-11-17)9-12-5-7-13(18-4)8-6-12/h5-8H,9-11H2,1-4H3/p+1. The minimum atomic E-state index is 0.251. The average Bonchev–Trinajstić information content (AvgIpc) is 2.41. The number of benzene rings is 1. The van der Waals surface area contributed by atoms with Gasteiger partial charge in [0.15, 0.2) is 6.67 Å². The van der Waals surface area contributed by atoms with Crippen LogP contribution in [0.25, 0.3) is 0 Å². The molecule has 0 spiro atoms. The lowest BCUT2D eigenvalue weighted by Gasteiger charge is -2.40. The fraction of sp³-hybridized carbons (Fsp3) is 0.533. The molecule has 1 unspecified atom stereocenters. The Morgan fingerprint density at radius 2 is 1.95 bits per heavy atom. The molecule has 1 saturated heterocycles. The summed E-state index contributed by atoms with van der Waals surface area (Å²) in [6.45, 7) is 8.69. The van der Waals surface area contributed by atoms with Crippen LogP contribution in [-0.2, 0) is 6.54 Å². The molecule has 1 atom stereocenters. The van der Waals surface area contributed by atoms with Crippen molar-refractivity contribution in [3.63, 3.8) is 0 Å². The first-order valence-corrected chi connectivity index (χ1v) is 8.19. The van der Waals surface area contributed by atoms with Crippen LogP contribution in [0.2, 0.25) is 0 Å². The highest BCUT2D eigenvalue weighted by Gasteiger charge is 2.32. The Morgan fingerprint density at radius 1 is 1.30 bits per heavy atom. The number of thioether (sulfide) groups is 1. The molecule has 2 rings (SSSR count). The molecule has 1 aromatic carbocycles. The Kier molecular flexibility index (Phi) is 4.94. The zero-order chi connectivity index (χ0) is 14.8. The van der Waals surface area contributed by atoms with Gasteiger partial charge in [-0.05, 0) is 50.2 Å². The van der Waals surface area contributed by atoms with Crippen molar-refractivity contribution in [1.29, 1.82) is 0 Å². The van der Waals surface area contributed by atoms with Crippen LogP contribution in [0.5, 0.6) is 5.75 Å². The van der Waals surface area contributed by atoms with E-state index in [1.807, 2.05) is 12.1 Å². The summed E-state index contributed by atoms with van der Waals surface area (Å²) in [6.07, 6.45) is 0. The Morgan fingerprint density at radius 3 is 2.50 bits per heavy atom. The SMILES string of the molecule is COc1ccc(CN2C[NH+](C(C)(C)C)CSC2=S)cc1. The predicted octanol–water partition coefficient (Wildman–Crippen LogP) is 2.13. The molecular weight excluding hydrogens is 288 g/mol. The first-order chi connectivity index (χ1) is 9.40. The van der Waals surface area contributed by atoms with Gasteiger partial charge in [-0.15, -0.1) is 0 Å². The van der Waals surface area contributed by atoms with Gasteiger partial charge in [-0.1, -0.05) is 24.4 Å². The Labute approximate surface area is 131 Å². The molecule has 3 nitrogen and oxygen atoms in total. The van der Waals surface area contributed by atoms with Crippen LogP contribution < -0.4 is 9.64 Å². The van der Waals surface area contributed by atoms with Gasteiger partial charge in [-0.2, -0.15) is 0 Å². The maximum atomic E-state index is 5.50. The second-order valence-corrected chi connectivity index (χ2v) is 7.72. The largest absolute Gasteiger partial charge is 0.497 e. The number of thiocarbonyl (C=S) groups is 1. The average molecular weight is 311 g/mol. The predicted molar refractivity (Wildman–Crippen MR) is 89.2 cm³/mol. The van der Waals surface area contributed by atoms with E-state index in [0.717, 1.165) is 29.2 Å². The molecule has 110 valence electrons. The van der Waals surface area contributed by atoms with Crippen LogP contribution in [0, 0.1) is 0 Å². The second-order valence-electron chi connectivity index (χ2n) is 6.11. The smallest absolute Gasteiger partial charge is 0.155 e. The van der Waals surface area contributed by atoms with Crippen LogP contribution in [-0.4, -0.2) is 34.4 Å². The number of methoxy groups -OCH3 is 1. The minimum Gasteiger partial charge on any atom is -0.497 e. The van der Waals surface area contributed by atoms with Crippen LogP contribution >= 0.6 is 24.0 Å². The maximum absolute atomic E-state index is 5.50. The van der Waals surface area contributed by atoms with E-state index in [9.17, 15) is 0 Å². The van der Waals surface area contributed by atoms with Crippen molar-refractivity contribution in [1.82, 2.24) is 4.90 Å². The number of nitrogens with one attached hydrogen (secondary N) is 1. The molecule has 1 N–H and O–H groups in total. The van der Waals surface area contributed by atoms with Crippen molar-refractivity contribution in [3.8, 4) is 5.75 Å². The van der Waals surface area contributed by atoms with E-state index in [4.69, 9.17) is 17.0 Å². The zero-order valence-corrected chi connectivity index (χ0v) is 14.2. The fourth-order valence-electron chi connectivity index (χ4n) is 2.11. The third-order valence-electron chi connectivity index (χ3n) is 3.60. The van der Waals surface area contributed by atoms with Crippen molar-refractivity contribution in [2.75, 3.05) is 19.7 Å². The Bertz CT molecular complexity index is 468. The van der Waals surface area contributed by atoms with Crippen LogP contribution in [0.1, 0.15) is 26.3 Å². The summed E-state index contributed by atoms with van der Waals surface area (Å²) < 4.78 is 6.20. The van der Waals surface area contributed by atoms with Crippen molar-refractivity contribution in [2.45, 2.75) is 32.9 Å². The highest BCUT2D eigenvalue weighted by Crippen LogP contribution is 2.17. The summed E-state index contributed by atoms with van der Waals surface area (Å²) in [7, 11) is 1.69. The summed E-state index contributed by atoms with van der Waals surface area (Å²) in [6, 6.07) is 8.22. The van der Waals surface area contributed by atoms with Crippen molar-refractivity contribution >= 4 is 28.3 Å². The molecule has 20 heavy (non-hydrogen) atoms. The monoisotopic (exact) mass is 311 g/mol. The van der Waals surface area contributed by atoms with E-state index < -0.39 is 0 Å². The summed E-state index contributed by atoms with van der Waals surface area (Å²) >= 11 is 7.29. The highest BCUT2D eigenvalue weighted by atomic mass is 32.2. The molecule has 0 saturated carbocycles. The molecule has 5 heteroatoms. The molecular formula is C15H23N2OS2+. The Balaban J connectivity index is 2.04.